The summed E-state index contributed by atoms with van der Waals surface area (Å²) in [4.78, 5) is 17.3. The Kier molecular flexibility index (Phi) is 6.95. The molecule has 30 heavy (non-hydrogen) atoms. The monoisotopic (exact) mass is 463 g/mol. The third-order valence-corrected chi connectivity index (χ3v) is 6.21. The molecule has 0 unspecified atom stereocenters. The Balaban J connectivity index is 1.39. The lowest BCUT2D eigenvalue weighted by Gasteiger charge is -2.39. The average Bonchev–Trinajstić information content (AvgIpc) is 2.78. The number of halogens is 1. The van der Waals surface area contributed by atoms with Crippen molar-refractivity contribution in [3.63, 3.8) is 0 Å². The smallest absolute Gasteiger partial charge is 0.238 e. The number of hydrogen-bond acceptors (Lipinski definition) is 3. The maximum atomic E-state index is 12.5. The summed E-state index contributed by atoms with van der Waals surface area (Å²) in [5.74, 6) is 0.0259. The highest BCUT2D eigenvalue weighted by Crippen LogP contribution is 2.29. The molecule has 1 aliphatic heterocycles. The maximum absolute atomic E-state index is 12.5. The molecule has 154 valence electrons. The van der Waals surface area contributed by atoms with Crippen LogP contribution in [-0.2, 0) is 4.79 Å². The summed E-state index contributed by atoms with van der Waals surface area (Å²) in [5.41, 5.74) is 3.43. The van der Waals surface area contributed by atoms with Crippen LogP contribution in [0.15, 0.2) is 89.4 Å². The molecule has 3 aromatic rings. The van der Waals surface area contributed by atoms with Crippen molar-refractivity contribution in [3.05, 3.63) is 101 Å². The molecule has 1 aliphatic rings. The van der Waals surface area contributed by atoms with Crippen molar-refractivity contribution in [3.8, 4) is 0 Å². The van der Waals surface area contributed by atoms with E-state index in [-0.39, 0.29) is 11.9 Å². The molecule has 1 saturated heterocycles. The van der Waals surface area contributed by atoms with E-state index in [1.54, 1.807) is 0 Å². The number of carbonyl (C=O) groups excluding carboxylic acids is 1. The third-order valence-electron chi connectivity index (χ3n) is 5.52. The first kappa shape index (κ1) is 20.8. The van der Waals surface area contributed by atoms with E-state index in [9.17, 15) is 4.79 Å². The molecular formula is C25H26BrN3O. The number of nitrogens with one attached hydrogen (secondary N) is 1. The van der Waals surface area contributed by atoms with Gasteiger partial charge in [0.1, 0.15) is 0 Å². The molecule has 0 aliphatic carbocycles. The zero-order valence-corrected chi connectivity index (χ0v) is 18.5. The van der Waals surface area contributed by atoms with Crippen molar-refractivity contribution in [2.75, 3.05) is 38.0 Å². The molecule has 1 amide bonds. The van der Waals surface area contributed by atoms with Crippen LogP contribution in [0.25, 0.3) is 0 Å². The third kappa shape index (κ3) is 5.17. The lowest BCUT2D eigenvalue weighted by molar-refractivity contribution is -0.117. The van der Waals surface area contributed by atoms with Crippen molar-refractivity contribution in [2.45, 2.75) is 6.04 Å². The van der Waals surface area contributed by atoms with Crippen LogP contribution in [-0.4, -0.2) is 48.4 Å². The van der Waals surface area contributed by atoms with E-state index in [1.165, 1.54) is 11.1 Å². The number of amides is 1. The van der Waals surface area contributed by atoms with Crippen LogP contribution >= 0.6 is 15.9 Å². The normalized spacial score (nSPS) is 15.3. The van der Waals surface area contributed by atoms with Gasteiger partial charge < -0.3 is 5.32 Å². The fraction of sp³-hybridized carbons (Fsp3) is 0.240. The first-order valence-corrected chi connectivity index (χ1v) is 11.1. The predicted molar refractivity (Wildman–Crippen MR) is 126 cm³/mol. The van der Waals surface area contributed by atoms with Gasteiger partial charge in [-0.3, -0.25) is 14.6 Å². The Hall–Kier alpha value is -2.47. The zero-order valence-electron chi connectivity index (χ0n) is 16.9. The Bertz CT molecular complexity index is 917. The second-order valence-electron chi connectivity index (χ2n) is 7.56. The number of rotatable bonds is 6. The fourth-order valence-electron chi connectivity index (χ4n) is 4.02. The van der Waals surface area contributed by atoms with Crippen LogP contribution < -0.4 is 5.32 Å². The molecule has 1 heterocycles. The van der Waals surface area contributed by atoms with E-state index < -0.39 is 0 Å². The first-order valence-electron chi connectivity index (χ1n) is 10.3. The van der Waals surface area contributed by atoms with Gasteiger partial charge in [0.2, 0.25) is 5.91 Å². The highest BCUT2D eigenvalue weighted by atomic mass is 79.9. The van der Waals surface area contributed by atoms with E-state index in [2.05, 4.69) is 91.7 Å². The van der Waals surface area contributed by atoms with Gasteiger partial charge >= 0.3 is 0 Å². The van der Waals surface area contributed by atoms with Gasteiger partial charge in [0.15, 0.2) is 0 Å². The molecule has 0 atom stereocenters. The lowest BCUT2D eigenvalue weighted by Crippen LogP contribution is -2.49. The average molecular weight is 464 g/mol. The first-order chi connectivity index (χ1) is 14.7. The molecule has 3 aromatic carbocycles. The summed E-state index contributed by atoms with van der Waals surface area (Å²) in [6, 6.07) is 29.3. The van der Waals surface area contributed by atoms with E-state index in [4.69, 9.17) is 0 Å². The van der Waals surface area contributed by atoms with E-state index in [0.717, 1.165) is 36.3 Å². The topological polar surface area (TPSA) is 35.6 Å². The summed E-state index contributed by atoms with van der Waals surface area (Å²) in [7, 11) is 0. The quantitative estimate of drug-likeness (QED) is 0.570. The van der Waals surface area contributed by atoms with E-state index in [1.807, 2.05) is 24.3 Å². The van der Waals surface area contributed by atoms with Gasteiger partial charge in [-0.2, -0.15) is 0 Å². The van der Waals surface area contributed by atoms with Crippen LogP contribution in [0.1, 0.15) is 17.2 Å². The minimum atomic E-state index is 0.0259. The van der Waals surface area contributed by atoms with E-state index in [0.29, 0.717) is 6.54 Å². The number of para-hydroxylation sites is 1. The number of carbonyl (C=O) groups is 1. The zero-order chi connectivity index (χ0) is 20.8. The molecule has 0 radical (unpaired) electrons. The van der Waals surface area contributed by atoms with Gasteiger partial charge in [0.05, 0.1) is 18.3 Å². The Labute approximate surface area is 186 Å². The van der Waals surface area contributed by atoms with Gasteiger partial charge in [-0.15, -0.1) is 0 Å². The SMILES string of the molecule is O=C(CN1CCN(C(c2ccccc2)c2ccccc2)CC1)Nc1ccccc1Br. The van der Waals surface area contributed by atoms with Crippen molar-refractivity contribution in [1.82, 2.24) is 9.80 Å². The highest BCUT2D eigenvalue weighted by molar-refractivity contribution is 9.10. The maximum Gasteiger partial charge on any atom is 0.238 e. The van der Waals surface area contributed by atoms with Gasteiger partial charge in [0, 0.05) is 30.7 Å². The van der Waals surface area contributed by atoms with Gasteiger partial charge in [-0.1, -0.05) is 72.8 Å². The molecule has 5 heteroatoms. The Morgan fingerprint density at radius 3 is 1.90 bits per heavy atom. The molecular weight excluding hydrogens is 438 g/mol. The van der Waals surface area contributed by atoms with Crippen LogP contribution in [0.2, 0.25) is 0 Å². The minimum Gasteiger partial charge on any atom is -0.324 e. The van der Waals surface area contributed by atoms with Crippen LogP contribution in [0.4, 0.5) is 5.69 Å². The van der Waals surface area contributed by atoms with Crippen LogP contribution in [0.3, 0.4) is 0 Å². The number of nitrogens with zero attached hydrogens (tertiary/aromatic N) is 2. The van der Waals surface area contributed by atoms with Crippen molar-refractivity contribution < 1.29 is 4.79 Å². The number of piperazine rings is 1. The molecule has 1 N–H and O–H groups in total. The highest BCUT2D eigenvalue weighted by Gasteiger charge is 2.27. The van der Waals surface area contributed by atoms with Crippen LogP contribution in [0, 0.1) is 0 Å². The molecule has 0 saturated carbocycles. The van der Waals surface area contributed by atoms with Crippen molar-refractivity contribution >= 4 is 27.5 Å². The lowest BCUT2D eigenvalue weighted by atomic mass is 9.96. The van der Waals surface area contributed by atoms with Gasteiger partial charge in [0.25, 0.3) is 0 Å². The van der Waals surface area contributed by atoms with Gasteiger partial charge in [-0.25, -0.2) is 0 Å². The van der Waals surface area contributed by atoms with Crippen molar-refractivity contribution in [1.29, 1.82) is 0 Å². The van der Waals surface area contributed by atoms with Gasteiger partial charge in [-0.05, 0) is 39.2 Å². The van der Waals surface area contributed by atoms with Crippen molar-refractivity contribution in [2.24, 2.45) is 0 Å². The number of anilines is 1. The molecule has 4 rings (SSSR count). The number of hydrogen-bond donors (Lipinski definition) is 1. The van der Waals surface area contributed by atoms with Crippen LogP contribution in [0.5, 0.6) is 0 Å². The molecule has 0 spiro atoms. The minimum absolute atomic E-state index is 0.0259. The Morgan fingerprint density at radius 2 is 1.33 bits per heavy atom. The Morgan fingerprint density at radius 1 is 0.800 bits per heavy atom. The largest absolute Gasteiger partial charge is 0.324 e. The standard InChI is InChI=1S/C25H26BrN3O/c26-22-13-7-8-14-23(22)27-24(30)19-28-15-17-29(18-16-28)25(20-9-3-1-4-10-20)21-11-5-2-6-12-21/h1-14,25H,15-19H2,(H,27,30). The second-order valence-corrected chi connectivity index (χ2v) is 8.42. The molecule has 4 nitrogen and oxygen atoms in total. The molecule has 1 fully saturated rings. The summed E-state index contributed by atoms with van der Waals surface area (Å²) >= 11 is 3.48. The fourth-order valence-corrected chi connectivity index (χ4v) is 4.40. The summed E-state index contributed by atoms with van der Waals surface area (Å²) < 4.78 is 0.900. The predicted octanol–water partition coefficient (Wildman–Crippen LogP) is 4.79. The molecule has 0 aromatic heterocycles. The summed E-state index contributed by atoms with van der Waals surface area (Å²) in [5, 5.41) is 3.00. The number of benzene rings is 3. The summed E-state index contributed by atoms with van der Waals surface area (Å²) in [6.45, 7) is 4.02. The second kappa shape index (κ2) is 10.0. The summed E-state index contributed by atoms with van der Waals surface area (Å²) in [6.07, 6.45) is 0. The molecule has 0 bridgehead atoms. The van der Waals surface area contributed by atoms with E-state index >= 15 is 0 Å².